The van der Waals surface area contributed by atoms with Gasteiger partial charge in [-0.3, -0.25) is 9.69 Å². The van der Waals surface area contributed by atoms with E-state index >= 15 is 0 Å². The van der Waals surface area contributed by atoms with Crippen molar-refractivity contribution in [3.05, 3.63) is 23.8 Å². The van der Waals surface area contributed by atoms with Gasteiger partial charge < -0.3 is 10.1 Å². The van der Waals surface area contributed by atoms with Crippen molar-refractivity contribution in [2.24, 2.45) is 5.92 Å². The molecule has 6 nitrogen and oxygen atoms in total. The van der Waals surface area contributed by atoms with Gasteiger partial charge in [0.05, 0.1) is 29.4 Å². The van der Waals surface area contributed by atoms with Gasteiger partial charge in [-0.05, 0) is 38.8 Å². The van der Waals surface area contributed by atoms with E-state index in [0.29, 0.717) is 23.6 Å². The van der Waals surface area contributed by atoms with Gasteiger partial charge in [0, 0.05) is 18.7 Å². The van der Waals surface area contributed by atoms with Crippen molar-refractivity contribution in [2.45, 2.75) is 57.2 Å². The summed E-state index contributed by atoms with van der Waals surface area (Å²) >= 11 is 0. The minimum Gasteiger partial charge on any atom is -0.376 e. The molecular weight excluding hydrogens is 304 g/mol. The molecule has 1 saturated carbocycles. The first-order valence-corrected chi connectivity index (χ1v) is 9.25. The summed E-state index contributed by atoms with van der Waals surface area (Å²) < 4.78 is 5.94. The largest absolute Gasteiger partial charge is 0.376 e. The fraction of sp³-hybridized carbons (Fsp3) is 0.722. The molecule has 1 aliphatic carbocycles. The number of aromatic nitrogens is 2. The lowest BCUT2D eigenvalue weighted by atomic mass is 9.70. The number of aryl methyl sites for hydroxylation is 1. The number of fused-ring (bicyclic) bond motifs is 1. The van der Waals surface area contributed by atoms with Crippen molar-refractivity contribution < 1.29 is 9.53 Å². The summed E-state index contributed by atoms with van der Waals surface area (Å²) in [6, 6.07) is 0.529. The lowest BCUT2D eigenvalue weighted by Gasteiger charge is -2.51. The number of carbonyl (C=O) groups excluding carboxylic acids is 1. The average Bonchev–Trinajstić information content (AvgIpc) is 3.24. The normalized spacial score (nSPS) is 32.4. The first kappa shape index (κ1) is 16.0. The van der Waals surface area contributed by atoms with Crippen LogP contribution in [0.5, 0.6) is 0 Å². The zero-order valence-electron chi connectivity index (χ0n) is 14.3. The number of nitrogens with one attached hydrogen (secondary N) is 1. The van der Waals surface area contributed by atoms with E-state index < -0.39 is 0 Å². The second-order valence-electron chi connectivity index (χ2n) is 7.15. The summed E-state index contributed by atoms with van der Waals surface area (Å²) in [6.45, 7) is 5.17. The van der Waals surface area contributed by atoms with Gasteiger partial charge in [0.15, 0.2) is 0 Å². The van der Waals surface area contributed by atoms with E-state index in [-0.39, 0.29) is 11.9 Å². The minimum absolute atomic E-state index is 0.0291. The Morgan fingerprint density at radius 2 is 2.25 bits per heavy atom. The van der Waals surface area contributed by atoms with Crippen LogP contribution in [-0.4, -0.2) is 58.7 Å². The Hall–Kier alpha value is -1.53. The molecule has 0 spiro atoms. The van der Waals surface area contributed by atoms with Crippen molar-refractivity contribution in [2.75, 3.05) is 19.7 Å². The Kier molecular flexibility index (Phi) is 4.50. The standard InChI is InChI=1S/C18H26N4O2/c1-2-5-14-13(10-19-11-20-14)18(23)21-15-12-6-9-24-17(12)16(15)22-7-3-4-8-22/h10-12,15-17H,2-9H2,1H3,(H,21,23)/t12-,15+,16-,17-/m0/s1. The van der Waals surface area contributed by atoms with E-state index in [1.54, 1.807) is 6.20 Å². The van der Waals surface area contributed by atoms with E-state index in [1.807, 2.05) is 0 Å². The zero-order chi connectivity index (χ0) is 16.5. The van der Waals surface area contributed by atoms with Gasteiger partial charge in [0.2, 0.25) is 0 Å². The molecule has 0 bridgehead atoms. The molecule has 2 aliphatic heterocycles. The van der Waals surface area contributed by atoms with Crippen LogP contribution in [0.3, 0.4) is 0 Å². The molecular formula is C18H26N4O2. The van der Waals surface area contributed by atoms with Gasteiger partial charge in [-0.1, -0.05) is 13.3 Å². The molecule has 130 valence electrons. The molecule has 3 heterocycles. The number of likely N-dealkylation sites (tertiary alicyclic amines) is 1. The van der Waals surface area contributed by atoms with E-state index in [4.69, 9.17) is 4.74 Å². The molecule has 0 unspecified atom stereocenters. The smallest absolute Gasteiger partial charge is 0.254 e. The van der Waals surface area contributed by atoms with E-state index in [9.17, 15) is 4.79 Å². The number of hydrogen-bond donors (Lipinski definition) is 1. The molecule has 1 amide bonds. The zero-order valence-corrected chi connectivity index (χ0v) is 14.3. The second kappa shape index (κ2) is 6.76. The number of hydrogen-bond acceptors (Lipinski definition) is 5. The number of nitrogens with zero attached hydrogens (tertiary/aromatic N) is 3. The van der Waals surface area contributed by atoms with Crippen molar-refractivity contribution in [1.82, 2.24) is 20.2 Å². The van der Waals surface area contributed by atoms with Crippen molar-refractivity contribution in [1.29, 1.82) is 0 Å². The monoisotopic (exact) mass is 330 g/mol. The van der Waals surface area contributed by atoms with Crippen LogP contribution in [0.4, 0.5) is 0 Å². The third kappa shape index (κ3) is 2.71. The molecule has 4 rings (SSSR count). The molecule has 3 aliphatic rings. The van der Waals surface area contributed by atoms with Crippen LogP contribution in [-0.2, 0) is 11.2 Å². The highest BCUT2D eigenvalue weighted by Gasteiger charge is 2.56. The van der Waals surface area contributed by atoms with Gasteiger partial charge in [-0.25, -0.2) is 9.97 Å². The van der Waals surface area contributed by atoms with Gasteiger partial charge in [0.1, 0.15) is 6.33 Å². The lowest BCUT2D eigenvalue weighted by molar-refractivity contribution is -0.0747. The fourth-order valence-electron chi connectivity index (χ4n) is 4.55. The minimum atomic E-state index is -0.0291. The summed E-state index contributed by atoms with van der Waals surface area (Å²) in [5.74, 6) is 0.428. The van der Waals surface area contributed by atoms with Crippen LogP contribution < -0.4 is 5.32 Å². The summed E-state index contributed by atoms with van der Waals surface area (Å²) in [5, 5.41) is 3.29. The summed E-state index contributed by atoms with van der Waals surface area (Å²) in [6.07, 6.45) is 8.81. The van der Waals surface area contributed by atoms with E-state index in [0.717, 1.165) is 44.7 Å². The maximum absolute atomic E-state index is 12.8. The first-order chi connectivity index (χ1) is 11.8. The molecule has 1 N–H and O–H groups in total. The van der Waals surface area contributed by atoms with Gasteiger partial charge in [0.25, 0.3) is 5.91 Å². The SMILES string of the molecule is CCCc1ncncc1C(=O)N[C@@H]1[C@@H]2CCO[C@@H]2[C@H]1N1CCCC1. The fourth-order valence-corrected chi connectivity index (χ4v) is 4.55. The Balaban J connectivity index is 1.50. The highest BCUT2D eigenvalue weighted by Crippen LogP contribution is 2.43. The maximum Gasteiger partial charge on any atom is 0.254 e. The maximum atomic E-state index is 12.8. The molecule has 0 radical (unpaired) electrons. The molecule has 1 aromatic rings. The average molecular weight is 330 g/mol. The first-order valence-electron chi connectivity index (χ1n) is 9.25. The van der Waals surface area contributed by atoms with Crippen LogP contribution in [0.2, 0.25) is 0 Å². The third-order valence-electron chi connectivity index (χ3n) is 5.74. The van der Waals surface area contributed by atoms with Gasteiger partial charge in [-0.2, -0.15) is 0 Å². The summed E-state index contributed by atoms with van der Waals surface area (Å²) in [5.41, 5.74) is 1.48. The van der Waals surface area contributed by atoms with Crippen molar-refractivity contribution in [3.8, 4) is 0 Å². The highest BCUT2D eigenvalue weighted by molar-refractivity contribution is 5.95. The molecule has 1 aromatic heterocycles. The topological polar surface area (TPSA) is 67.3 Å². The van der Waals surface area contributed by atoms with Gasteiger partial charge >= 0.3 is 0 Å². The molecule has 24 heavy (non-hydrogen) atoms. The van der Waals surface area contributed by atoms with Crippen LogP contribution in [0.15, 0.2) is 12.5 Å². The quantitative estimate of drug-likeness (QED) is 0.884. The number of rotatable bonds is 5. The van der Waals surface area contributed by atoms with Gasteiger partial charge in [-0.15, -0.1) is 0 Å². The predicted molar refractivity (Wildman–Crippen MR) is 89.7 cm³/mol. The van der Waals surface area contributed by atoms with Crippen molar-refractivity contribution >= 4 is 5.91 Å². The highest BCUT2D eigenvalue weighted by atomic mass is 16.5. The van der Waals surface area contributed by atoms with Crippen LogP contribution in [0.1, 0.15) is 48.7 Å². The Labute approximate surface area is 143 Å². The molecule has 4 atom stereocenters. The molecule has 6 heteroatoms. The van der Waals surface area contributed by atoms with Crippen LogP contribution in [0, 0.1) is 5.92 Å². The molecule has 3 fully saturated rings. The number of ether oxygens (including phenoxy) is 1. The predicted octanol–water partition coefficient (Wildman–Crippen LogP) is 1.41. The van der Waals surface area contributed by atoms with E-state index in [1.165, 1.54) is 19.2 Å². The summed E-state index contributed by atoms with van der Waals surface area (Å²) in [7, 11) is 0. The summed E-state index contributed by atoms with van der Waals surface area (Å²) in [4.78, 5) is 23.7. The van der Waals surface area contributed by atoms with Crippen LogP contribution >= 0.6 is 0 Å². The Morgan fingerprint density at radius 1 is 1.42 bits per heavy atom. The number of carbonyl (C=O) groups is 1. The van der Waals surface area contributed by atoms with E-state index in [2.05, 4.69) is 27.1 Å². The third-order valence-corrected chi connectivity index (χ3v) is 5.74. The van der Waals surface area contributed by atoms with Crippen molar-refractivity contribution in [3.63, 3.8) is 0 Å². The van der Waals surface area contributed by atoms with Crippen LogP contribution in [0.25, 0.3) is 0 Å². The Morgan fingerprint density at radius 3 is 3.04 bits per heavy atom. The Bertz CT molecular complexity index is 598. The second-order valence-corrected chi connectivity index (χ2v) is 7.15. The molecule has 0 aromatic carbocycles. The number of amides is 1. The molecule has 2 saturated heterocycles. The lowest BCUT2D eigenvalue weighted by Crippen LogP contribution is -2.70.